The van der Waals surface area contributed by atoms with Crippen molar-refractivity contribution in [1.29, 1.82) is 0 Å². The van der Waals surface area contributed by atoms with Crippen LogP contribution in [0.2, 0.25) is 0 Å². The van der Waals surface area contributed by atoms with Crippen LogP contribution in [0.4, 0.5) is 4.39 Å². The number of carbonyl (C=O) groups is 2. The summed E-state index contributed by atoms with van der Waals surface area (Å²) in [7, 11) is 0. The van der Waals surface area contributed by atoms with E-state index in [1.807, 2.05) is 49.6 Å². The molecule has 0 spiro atoms. The lowest BCUT2D eigenvalue weighted by Crippen LogP contribution is -2.52. The molecule has 0 bridgehead atoms. The SMILES string of the molecule is CC(C)(C)[C@@H](NC(=O)c1cn(Cc2ccc(F)cc2)c2ccccc12)C(N)=O. The molecule has 5 nitrogen and oxygen atoms in total. The fourth-order valence-electron chi connectivity index (χ4n) is 3.27. The summed E-state index contributed by atoms with van der Waals surface area (Å²) < 4.78 is 15.1. The minimum absolute atomic E-state index is 0.291. The average molecular weight is 381 g/mol. The van der Waals surface area contributed by atoms with Crippen molar-refractivity contribution in [2.45, 2.75) is 33.4 Å². The largest absolute Gasteiger partial charge is 0.368 e. The maximum atomic E-state index is 13.2. The third-order valence-electron chi connectivity index (χ3n) is 4.73. The van der Waals surface area contributed by atoms with Crippen molar-refractivity contribution in [3.8, 4) is 0 Å². The molecule has 0 aliphatic rings. The van der Waals surface area contributed by atoms with Crippen molar-refractivity contribution < 1.29 is 14.0 Å². The van der Waals surface area contributed by atoms with Crippen molar-refractivity contribution in [1.82, 2.24) is 9.88 Å². The van der Waals surface area contributed by atoms with Crippen LogP contribution in [0.15, 0.2) is 54.7 Å². The van der Waals surface area contributed by atoms with Crippen molar-refractivity contribution in [2.75, 3.05) is 0 Å². The zero-order valence-electron chi connectivity index (χ0n) is 16.2. The number of hydrogen-bond donors (Lipinski definition) is 2. The predicted molar refractivity (Wildman–Crippen MR) is 107 cm³/mol. The Hall–Kier alpha value is -3.15. The van der Waals surface area contributed by atoms with Gasteiger partial charge in [0.05, 0.1) is 5.56 Å². The molecule has 2 aromatic carbocycles. The maximum Gasteiger partial charge on any atom is 0.254 e. The van der Waals surface area contributed by atoms with Crippen LogP contribution >= 0.6 is 0 Å². The highest BCUT2D eigenvalue weighted by atomic mass is 19.1. The van der Waals surface area contributed by atoms with Gasteiger partial charge >= 0.3 is 0 Å². The van der Waals surface area contributed by atoms with Crippen LogP contribution in [0, 0.1) is 11.2 Å². The molecule has 0 radical (unpaired) electrons. The number of primary amides is 1. The van der Waals surface area contributed by atoms with E-state index in [1.165, 1.54) is 12.1 Å². The summed E-state index contributed by atoms with van der Waals surface area (Å²) in [4.78, 5) is 24.8. The molecule has 28 heavy (non-hydrogen) atoms. The summed E-state index contributed by atoms with van der Waals surface area (Å²) in [6.45, 7) is 6.04. The van der Waals surface area contributed by atoms with Crippen LogP contribution in [0.1, 0.15) is 36.7 Å². The van der Waals surface area contributed by atoms with Gasteiger partial charge in [-0.2, -0.15) is 0 Å². The van der Waals surface area contributed by atoms with Gasteiger partial charge in [-0.25, -0.2) is 4.39 Å². The first-order valence-electron chi connectivity index (χ1n) is 9.09. The van der Waals surface area contributed by atoms with Gasteiger partial charge < -0.3 is 15.6 Å². The molecule has 0 fully saturated rings. The van der Waals surface area contributed by atoms with Gasteiger partial charge in [0, 0.05) is 23.6 Å². The van der Waals surface area contributed by atoms with Crippen LogP contribution in [0.25, 0.3) is 10.9 Å². The van der Waals surface area contributed by atoms with Gasteiger partial charge in [-0.3, -0.25) is 9.59 Å². The summed E-state index contributed by atoms with van der Waals surface area (Å²) in [6.07, 6.45) is 1.75. The van der Waals surface area contributed by atoms with E-state index in [2.05, 4.69) is 5.32 Å². The highest BCUT2D eigenvalue weighted by molar-refractivity contribution is 6.08. The number of benzene rings is 2. The fourth-order valence-corrected chi connectivity index (χ4v) is 3.27. The molecule has 0 saturated carbocycles. The van der Waals surface area contributed by atoms with E-state index in [4.69, 9.17) is 5.73 Å². The van der Waals surface area contributed by atoms with E-state index in [-0.39, 0.29) is 11.7 Å². The predicted octanol–water partition coefficient (Wildman–Crippen LogP) is 3.46. The summed E-state index contributed by atoms with van der Waals surface area (Å²) in [5.74, 6) is -1.22. The number of nitrogens with one attached hydrogen (secondary N) is 1. The first-order valence-corrected chi connectivity index (χ1v) is 9.09. The third-order valence-corrected chi connectivity index (χ3v) is 4.73. The molecule has 1 atom stereocenters. The first kappa shape index (κ1) is 19.6. The van der Waals surface area contributed by atoms with Gasteiger partial charge in [0.15, 0.2) is 0 Å². The minimum Gasteiger partial charge on any atom is -0.368 e. The second-order valence-corrected chi connectivity index (χ2v) is 7.99. The second kappa shape index (κ2) is 7.46. The van der Waals surface area contributed by atoms with E-state index in [0.717, 1.165) is 16.5 Å². The number of aromatic nitrogens is 1. The van der Waals surface area contributed by atoms with E-state index < -0.39 is 17.4 Å². The smallest absolute Gasteiger partial charge is 0.254 e. The van der Waals surface area contributed by atoms with Crippen molar-refractivity contribution in [2.24, 2.45) is 11.1 Å². The van der Waals surface area contributed by atoms with Gasteiger partial charge in [-0.1, -0.05) is 51.1 Å². The van der Waals surface area contributed by atoms with Crippen LogP contribution in [-0.2, 0) is 11.3 Å². The molecular weight excluding hydrogens is 357 g/mol. The number of hydrogen-bond acceptors (Lipinski definition) is 2. The lowest BCUT2D eigenvalue weighted by Gasteiger charge is -2.28. The molecule has 0 saturated heterocycles. The summed E-state index contributed by atoms with van der Waals surface area (Å²) in [6, 6.07) is 13.0. The number of nitrogens with zero attached hydrogens (tertiary/aromatic N) is 1. The van der Waals surface area contributed by atoms with Crippen LogP contribution in [0.3, 0.4) is 0 Å². The van der Waals surface area contributed by atoms with Crippen molar-refractivity contribution >= 4 is 22.7 Å². The zero-order valence-corrected chi connectivity index (χ0v) is 16.2. The molecule has 6 heteroatoms. The summed E-state index contributed by atoms with van der Waals surface area (Å²) >= 11 is 0. The fraction of sp³-hybridized carbons (Fsp3) is 0.273. The minimum atomic E-state index is -0.792. The van der Waals surface area contributed by atoms with Crippen LogP contribution in [0.5, 0.6) is 0 Å². The Kier molecular flexibility index (Phi) is 5.23. The monoisotopic (exact) mass is 381 g/mol. The Morgan fingerprint density at radius 1 is 1.11 bits per heavy atom. The number of halogens is 1. The quantitative estimate of drug-likeness (QED) is 0.710. The Balaban J connectivity index is 1.96. The van der Waals surface area contributed by atoms with E-state index in [1.54, 1.807) is 18.3 Å². The van der Waals surface area contributed by atoms with Gasteiger partial charge in [0.25, 0.3) is 5.91 Å². The van der Waals surface area contributed by atoms with Crippen LogP contribution < -0.4 is 11.1 Å². The van der Waals surface area contributed by atoms with Gasteiger partial charge in [0.2, 0.25) is 5.91 Å². The van der Waals surface area contributed by atoms with E-state index in [0.29, 0.717) is 12.1 Å². The lowest BCUT2D eigenvalue weighted by atomic mass is 9.86. The molecule has 1 heterocycles. The Labute approximate surface area is 163 Å². The highest BCUT2D eigenvalue weighted by Crippen LogP contribution is 2.24. The Morgan fingerprint density at radius 3 is 2.36 bits per heavy atom. The van der Waals surface area contributed by atoms with E-state index >= 15 is 0 Å². The molecule has 2 amide bonds. The lowest BCUT2D eigenvalue weighted by molar-refractivity contribution is -0.122. The molecule has 0 aliphatic carbocycles. The third kappa shape index (κ3) is 4.06. The standard InChI is InChI=1S/C22H24FN3O2/c1-22(2,3)19(20(24)27)25-21(28)17-13-26(18-7-5-4-6-16(17)18)12-14-8-10-15(23)11-9-14/h4-11,13,19H,12H2,1-3H3,(H2,24,27)(H,25,28)/t19-/m0/s1. The van der Waals surface area contributed by atoms with Gasteiger partial charge in [0.1, 0.15) is 11.9 Å². The molecule has 3 aromatic rings. The zero-order chi connectivity index (χ0) is 20.5. The van der Waals surface area contributed by atoms with Gasteiger partial charge in [-0.05, 0) is 29.2 Å². The Morgan fingerprint density at radius 2 is 1.75 bits per heavy atom. The molecule has 1 aromatic heterocycles. The maximum absolute atomic E-state index is 13.2. The normalized spacial score (nSPS) is 12.7. The molecule has 0 aliphatic heterocycles. The van der Waals surface area contributed by atoms with Crippen molar-refractivity contribution in [3.05, 3.63) is 71.7 Å². The van der Waals surface area contributed by atoms with Gasteiger partial charge in [-0.15, -0.1) is 0 Å². The van der Waals surface area contributed by atoms with Crippen molar-refractivity contribution in [3.63, 3.8) is 0 Å². The number of rotatable bonds is 5. The van der Waals surface area contributed by atoms with E-state index in [9.17, 15) is 14.0 Å². The number of fused-ring (bicyclic) bond motifs is 1. The number of nitrogens with two attached hydrogens (primary N) is 1. The summed E-state index contributed by atoms with van der Waals surface area (Å²) in [5.41, 5.74) is 7.25. The molecule has 0 unspecified atom stereocenters. The molecule has 3 rings (SSSR count). The topological polar surface area (TPSA) is 77.1 Å². The molecule has 3 N–H and O–H groups in total. The second-order valence-electron chi connectivity index (χ2n) is 7.99. The first-order chi connectivity index (χ1) is 13.2. The highest BCUT2D eigenvalue weighted by Gasteiger charge is 2.32. The summed E-state index contributed by atoms with van der Waals surface area (Å²) in [5, 5.41) is 3.55. The Bertz CT molecular complexity index is 1020. The number of carbonyl (C=O) groups excluding carboxylic acids is 2. The number of para-hydroxylation sites is 1. The number of amides is 2. The van der Waals surface area contributed by atoms with Crippen LogP contribution in [-0.4, -0.2) is 22.4 Å². The molecular formula is C22H24FN3O2. The average Bonchev–Trinajstić information content (AvgIpc) is 2.99. The molecule has 146 valence electrons.